The van der Waals surface area contributed by atoms with E-state index in [1.165, 1.54) is 4.83 Å². The van der Waals surface area contributed by atoms with Gasteiger partial charge in [0.25, 0.3) is 0 Å². The molecule has 0 aliphatic heterocycles. The fourth-order valence-corrected chi connectivity index (χ4v) is 4.32. The van der Waals surface area contributed by atoms with Crippen molar-refractivity contribution < 1.29 is 4.79 Å². The van der Waals surface area contributed by atoms with Gasteiger partial charge in [-0.2, -0.15) is 0 Å². The van der Waals surface area contributed by atoms with E-state index in [2.05, 4.69) is 39.4 Å². The Morgan fingerprint density at radius 1 is 1.29 bits per heavy atom. The second-order valence-electron chi connectivity index (χ2n) is 5.91. The topological polar surface area (TPSA) is 39.8 Å². The van der Waals surface area contributed by atoms with Crippen LogP contribution in [0.1, 0.15) is 36.3 Å². The minimum absolute atomic E-state index is 0.0892. The van der Waals surface area contributed by atoms with E-state index in [1.54, 1.807) is 17.5 Å². The lowest BCUT2D eigenvalue weighted by molar-refractivity contribution is 0.103. The monoisotopic (exact) mass is 337 g/mol. The Bertz CT molecular complexity index is 1040. The van der Waals surface area contributed by atoms with Gasteiger partial charge in [-0.15, -0.1) is 11.3 Å². The molecular formula is C19H19N3OS. The summed E-state index contributed by atoms with van der Waals surface area (Å²) in [6.07, 6.45) is 6.61. The Balaban J connectivity index is 1.90. The second kappa shape index (κ2) is 5.91. The van der Waals surface area contributed by atoms with Crippen LogP contribution in [0.5, 0.6) is 0 Å². The van der Waals surface area contributed by atoms with Crippen molar-refractivity contribution in [3.05, 3.63) is 53.4 Å². The highest BCUT2D eigenvalue weighted by atomic mass is 32.1. The number of carbonyl (C=O) groups is 1. The lowest BCUT2D eigenvalue weighted by Crippen LogP contribution is -2.08. The van der Waals surface area contributed by atoms with Crippen LogP contribution in [0.3, 0.4) is 0 Å². The van der Waals surface area contributed by atoms with Crippen LogP contribution in [-0.2, 0) is 13.1 Å². The zero-order valence-electron chi connectivity index (χ0n) is 13.8. The molecule has 4 heterocycles. The molecule has 0 unspecified atom stereocenters. The van der Waals surface area contributed by atoms with E-state index < -0.39 is 0 Å². The van der Waals surface area contributed by atoms with Gasteiger partial charge in [0.1, 0.15) is 4.83 Å². The zero-order chi connectivity index (χ0) is 16.7. The molecule has 0 N–H and O–H groups in total. The first-order valence-corrected chi connectivity index (χ1v) is 9.16. The highest BCUT2D eigenvalue weighted by molar-refractivity contribution is 7.16. The van der Waals surface area contributed by atoms with Gasteiger partial charge in [0.05, 0.1) is 17.4 Å². The number of rotatable bonds is 5. The summed E-state index contributed by atoms with van der Waals surface area (Å²) in [6, 6.07) is 6.03. The van der Waals surface area contributed by atoms with Gasteiger partial charge in [-0.05, 0) is 36.9 Å². The minimum Gasteiger partial charge on any atom is -0.345 e. The molecule has 24 heavy (non-hydrogen) atoms. The molecule has 0 fully saturated rings. The van der Waals surface area contributed by atoms with Crippen LogP contribution in [0.25, 0.3) is 21.1 Å². The Labute approximate surface area is 144 Å². The quantitative estimate of drug-likeness (QED) is 0.495. The Morgan fingerprint density at radius 2 is 2.17 bits per heavy atom. The molecule has 4 nitrogen and oxygen atoms in total. The van der Waals surface area contributed by atoms with Crippen LogP contribution >= 0.6 is 11.3 Å². The number of aromatic nitrogens is 3. The van der Waals surface area contributed by atoms with Crippen molar-refractivity contribution in [3.8, 4) is 0 Å². The number of thiophene rings is 1. The highest BCUT2D eigenvalue weighted by Crippen LogP contribution is 2.29. The fraction of sp³-hybridized carbons (Fsp3) is 0.263. The summed E-state index contributed by atoms with van der Waals surface area (Å²) in [5.41, 5.74) is 2.56. The average Bonchev–Trinajstić information content (AvgIpc) is 3.27. The summed E-state index contributed by atoms with van der Waals surface area (Å²) in [6.45, 7) is 5.90. The minimum atomic E-state index is 0.0892. The molecule has 0 saturated carbocycles. The summed E-state index contributed by atoms with van der Waals surface area (Å²) in [4.78, 5) is 18.7. The summed E-state index contributed by atoms with van der Waals surface area (Å²) < 4.78 is 4.25. The van der Waals surface area contributed by atoms with Crippen molar-refractivity contribution in [2.24, 2.45) is 0 Å². The molecule has 5 heteroatoms. The second-order valence-corrected chi connectivity index (χ2v) is 6.81. The van der Waals surface area contributed by atoms with E-state index in [0.717, 1.165) is 47.1 Å². The lowest BCUT2D eigenvalue weighted by Gasteiger charge is -2.05. The third-order valence-corrected chi connectivity index (χ3v) is 5.40. The first-order valence-electron chi connectivity index (χ1n) is 8.28. The Kier molecular flexibility index (Phi) is 3.73. The molecule has 0 amide bonds. The van der Waals surface area contributed by atoms with Crippen LogP contribution in [-0.4, -0.2) is 19.9 Å². The molecule has 0 atom stereocenters. The van der Waals surface area contributed by atoms with Crippen molar-refractivity contribution in [2.45, 2.75) is 33.4 Å². The standard InChI is InChI=1S/C19H19N3OS/c1-3-8-21-12-15(14-5-7-20-11-17(14)21)18(23)16-10-13-6-9-24-19(13)22(16)4-2/h5-7,9-12H,3-4,8H2,1-2H3. The average molecular weight is 337 g/mol. The molecule has 4 rings (SSSR count). The first kappa shape index (κ1) is 15.1. The fourth-order valence-electron chi connectivity index (χ4n) is 3.36. The maximum atomic E-state index is 13.3. The van der Waals surface area contributed by atoms with Gasteiger partial charge in [-0.1, -0.05) is 6.92 Å². The predicted molar refractivity (Wildman–Crippen MR) is 98.9 cm³/mol. The number of hydrogen-bond acceptors (Lipinski definition) is 3. The van der Waals surface area contributed by atoms with Gasteiger partial charge in [0.2, 0.25) is 5.78 Å². The van der Waals surface area contributed by atoms with Crippen molar-refractivity contribution in [3.63, 3.8) is 0 Å². The Morgan fingerprint density at radius 3 is 2.96 bits per heavy atom. The first-order chi connectivity index (χ1) is 11.7. The van der Waals surface area contributed by atoms with E-state index in [9.17, 15) is 4.79 Å². The molecule has 122 valence electrons. The Hall–Kier alpha value is -2.40. The van der Waals surface area contributed by atoms with Gasteiger partial charge < -0.3 is 9.13 Å². The summed E-state index contributed by atoms with van der Waals surface area (Å²) >= 11 is 1.68. The zero-order valence-corrected chi connectivity index (χ0v) is 14.6. The molecule has 0 aliphatic rings. The molecule has 0 radical (unpaired) electrons. The van der Waals surface area contributed by atoms with Gasteiger partial charge in [-0.25, -0.2) is 0 Å². The van der Waals surface area contributed by atoms with Crippen molar-refractivity contribution >= 4 is 38.2 Å². The lowest BCUT2D eigenvalue weighted by atomic mass is 10.1. The third-order valence-electron chi connectivity index (χ3n) is 4.44. The van der Waals surface area contributed by atoms with Crippen LogP contribution in [0.4, 0.5) is 0 Å². The molecule has 0 bridgehead atoms. The number of nitrogens with zero attached hydrogens (tertiary/aromatic N) is 3. The van der Waals surface area contributed by atoms with E-state index in [4.69, 9.17) is 0 Å². The number of fused-ring (bicyclic) bond motifs is 2. The summed E-state index contributed by atoms with van der Waals surface area (Å²) in [5, 5.41) is 4.20. The number of ketones is 1. The number of carbonyl (C=O) groups excluding carboxylic acids is 1. The van der Waals surface area contributed by atoms with Gasteiger partial charge >= 0.3 is 0 Å². The SMILES string of the molecule is CCCn1cc(C(=O)c2cc3ccsc3n2CC)c2ccncc21. The van der Waals surface area contributed by atoms with Crippen molar-refractivity contribution in [2.75, 3.05) is 0 Å². The van der Waals surface area contributed by atoms with Crippen LogP contribution in [0, 0.1) is 0 Å². The maximum Gasteiger partial charge on any atom is 0.211 e. The molecule has 0 aromatic carbocycles. The van der Waals surface area contributed by atoms with E-state index >= 15 is 0 Å². The largest absolute Gasteiger partial charge is 0.345 e. The van der Waals surface area contributed by atoms with Crippen LogP contribution in [0.2, 0.25) is 0 Å². The van der Waals surface area contributed by atoms with E-state index in [1.807, 2.05) is 24.5 Å². The van der Waals surface area contributed by atoms with E-state index in [0.29, 0.717) is 0 Å². The molecule has 0 spiro atoms. The maximum absolute atomic E-state index is 13.3. The third kappa shape index (κ3) is 2.19. The molecule has 4 aromatic rings. The smallest absolute Gasteiger partial charge is 0.211 e. The number of hydrogen-bond donors (Lipinski definition) is 0. The van der Waals surface area contributed by atoms with Crippen molar-refractivity contribution in [1.82, 2.24) is 14.1 Å². The van der Waals surface area contributed by atoms with Gasteiger partial charge in [0.15, 0.2) is 0 Å². The van der Waals surface area contributed by atoms with Crippen LogP contribution < -0.4 is 0 Å². The van der Waals surface area contributed by atoms with Gasteiger partial charge in [0, 0.05) is 41.8 Å². The normalized spacial score (nSPS) is 11.6. The number of aryl methyl sites for hydroxylation is 2. The van der Waals surface area contributed by atoms with Gasteiger partial charge in [-0.3, -0.25) is 9.78 Å². The highest BCUT2D eigenvalue weighted by Gasteiger charge is 2.21. The predicted octanol–water partition coefficient (Wildman–Crippen LogP) is 4.71. The molecule has 4 aromatic heterocycles. The van der Waals surface area contributed by atoms with Crippen molar-refractivity contribution in [1.29, 1.82) is 0 Å². The molecular weight excluding hydrogens is 318 g/mol. The summed E-state index contributed by atoms with van der Waals surface area (Å²) in [7, 11) is 0. The number of pyridine rings is 1. The van der Waals surface area contributed by atoms with Crippen LogP contribution in [0.15, 0.2) is 42.2 Å². The molecule has 0 saturated heterocycles. The summed E-state index contributed by atoms with van der Waals surface area (Å²) in [5.74, 6) is 0.0892. The van der Waals surface area contributed by atoms with E-state index in [-0.39, 0.29) is 5.78 Å². The molecule has 0 aliphatic carbocycles.